The van der Waals surface area contributed by atoms with Crippen LogP contribution in [0.2, 0.25) is 4.34 Å². The Morgan fingerprint density at radius 3 is 2.81 bits per heavy atom. The third-order valence-electron chi connectivity index (χ3n) is 3.78. The molecule has 2 N–H and O–H groups in total. The molecule has 0 spiro atoms. The highest BCUT2D eigenvalue weighted by atomic mass is 35.5. The Labute approximate surface area is 133 Å². The molecule has 1 aliphatic heterocycles. The van der Waals surface area contributed by atoms with Crippen LogP contribution in [0.4, 0.5) is 0 Å². The number of halogens is 1. The first-order valence-corrected chi connectivity index (χ1v) is 8.18. The van der Waals surface area contributed by atoms with Crippen LogP contribution in [0.3, 0.4) is 0 Å². The molecule has 2 heterocycles. The van der Waals surface area contributed by atoms with Gasteiger partial charge in [0.25, 0.3) is 0 Å². The van der Waals surface area contributed by atoms with Crippen molar-refractivity contribution in [2.45, 2.75) is 32.0 Å². The lowest BCUT2D eigenvalue weighted by Gasteiger charge is -2.26. The Morgan fingerprint density at radius 2 is 2.10 bits per heavy atom. The smallest absolute Gasteiger partial charge is 0.237 e. The number of carbonyl (C=O) groups excluding carboxylic acids is 1. The fraction of sp³-hybridized carbons (Fsp3) is 0.312. The number of hydrogen-bond donors (Lipinski definition) is 2. The minimum absolute atomic E-state index is 0.0195. The first-order valence-electron chi connectivity index (χ1n) is 6.99. The first-order chi connectivity index (χ1) is 10.1. The van der Waals surface area contributed by atoms with Crippen molar-refractivity contribution >= 4 is 28.8 Å². The van der Waals surface area contributed by atoms with E-state index in [1.54, 1.807) is 0 Å². The lowest BCUT2D eigenvalue weighted by Crippen LogP contribution is -2.48. The second kappa shape index (κ2) is 6.18. The summed E-state index contributed by atoms with van der Waals surface area (Å²) in [5.41, 5.74) is 2.53. The van der Waals surface area contributed by atoms with Crippen molar-refractivity contribution in [2.75, 3.05) is 0 Å². The molecule has 0 aliphatic carbocycles. The maximum Gasteiger partial charge on any atom is 0.237 e. The molecular weight excluding hydrogens is 304 g/mol. The van der Waals surface area contributed by atoms with Crippen molar-refractivity contribution < 1.29 is 4.79 Å². The zero-order chi connectivity index (χ0) is 14.8. The number of thiophene rings is 1. The fourth-order valence-corrected chi connectivity index (χ4v) is 3.65. The molecule has 0 radical (unpaired) electrons. The lowest BCUT2D eigenvalue weighted by atomic mass is 9.95. The third-order valence-corrected chi connectivity index (χ3v) is 5.19. The van der Waals surface area contributed by atoms with E-state index in [9.17, 15) is 4.79 Å². The van der Waals surface area contributed by atoms with Crippen molar-refractivity contribution in [3.05, 3.63) is 56.7 Å². The van der Waals surface area contributed by atoms with Gasteiger partial charge in [-0.25, -0.2) is 0 Å². The Hall–Kier alpha value is -1.36. The normalized spacial score (nSPS) is 18.9. The fourth-order valence-electron chi connectivity index (χ4n) is 2.59. The predicted molar refractivity (Wildman–Crippen MR) is 86.7 cm³/mol. The molecule has 3 rings (SSSR count). The van der Waals surface area contributed by atoms with Crippen LogP contribution in [0.15, 0.2) is 36.4 Å². The number of rotatable bonds is 3. The molecule has 1 aliphatic rings. The van der Waals surface area contributed by atoms with E-state index in [2.05, 4.69) is 22.8 Å². The van der Waals surface area contributed by atoms with Crippen LogP contribution < -0.4 is 10.6 Å². The number of nitrogens with one attached hydrogen (secondary N) is 2. The van der Waals surface area contributed by atoms with Crippen molar-refractivity contribution in [1.29, 1.82) is 0 Å². The first kappa shape index (κ1) is 14.6. The SMILES string of the molecule is CC(NC(=O)[C@@H]1Cc2ccccc2CN1)c1ccc(Cl)s1. The van der Waals surface area contributed by atoms with E-state index in [0.29, 0.717) is 0 Å². The van der Waals surface area contributed by atoms with Crippen molar-refractivity contribution in [2.24, 2.45) is 0 Å². The van der Waals surface area contributed by atoms with Gasteiger partial charge in [0, 0.05) is 11.4 Å². The van der Waals surface area contributed by atoms with Gasteiger partial charge in [-0.3, -0.25) is 4.79 Å². The Morgan fingerprint density at radius 1 is 1.33 bits per heavy atom. The maximum absolute atomic E-state index is 12.4. The molecule has 0 fully saturated rings. The standard InChI is InChI=1S/C16H17ClN2OS/c1-10(14-6-7-15(17)21-14)19-16(20)13-8-11-4-2-3-5-12(11)9-18-13/h2-7,10,13,18H,8-9H2,1H3,(H,19,20)/t10?,13-/m0/s1. The Bertz CT molecular complexity index is 655. The van der Waals surface area contributed by atoms with E-state index < -0.39 is 0 Å². The molecule has 21 heavy (non-hydrogen) atoms. The summed E-state index contributed by atoms with van der Waals surface area (Å²) in [6, 6.07) is 11.9. The molecule has 1 aromatic carbocycles. The van der Waals surface area contributed by atoms with Gasteiger partial charge >= 0.3 is 0 Å². The highest BCUT2D eigenvalue weighted by molar-refractivity contribution is 7.16. The van der Waals surface area contributed by atoms with Crippen LogP contribution in [0.1, 0.15) is 29.0 Å². The summed E-state index contributed by atoms with van der Waals surface area (Å²) in [6.45, 7) is 2.73. The van der Waals surface area contributed by atoms with Gasteiger partial charge < -0.3 is 10.6 Å². The molecule has 0 saturated carbocycles. The molecule has 1 aromatic heterocycles. The molecule has 2 aromatic rings. The van der Waals surface area contributed by atoms with Gasteiger partial charge in [-0.15, -0.1) is 11.3 Å². The minimum atomic E-state index is -0.169. The third kappa shape index (κ3) is 3.28. The largest absolute Gasteiger partial charge is 0.347 e. The second-order valence-corrected chi connectivity index (χ2v) is 7.03. The molecule has 1 amide bonds. The minimum Gasteiger partial charge on any atom is -0.347 e. The molecule has 0 saturated heterocycles. The van der Waals surface area contributed by atoms with Gasteiger partial charge in [0.05, 0.1) is 16.4 Å². The number of hydrogen-bond acceptors (Lipinski definition) is 3. The van der Waals surface area contributed by atoms with Crippen LogP contribution in [0.5, 0.6) is 0 Å². The average molecular weight is 321 g/mol. The molecule has 3 nitrogen and oxygen atoms in total. The van der Waals surface area contributed by atoms with Crippen LogP contribution in [-0.2, 0) is 17.8 Å². The van der Waals surface area contributed by atoms with Crippen LogP contribution in [0, 0.1) is 0 Å². The molecular formula is C16H17ClN2OS. The Kier molecular flexibility index (Phi) is 4.29. The second-order valence-electron chi connectivity index (χ2n) is 5.28. The van der Waals surface area contributed by atoms with E-state index >= 15 is 0 Å². The topological polar surface area (TPSA) is 41.1 Å². The van der Waals surface area contributed by atoms with Crippen LogP contribution in [0.25, 0.3) is 0 Å². The summed E-state index contributed by atoms with van der Waals surface area (Å²) in [5, 5.41) is 6.36. The zero-order valence-electron chi connectivity index (χ0n) is 11.7. The van der Waals surface area contributed by atoms with E-state index in [4.69, 9.17) is 11.6 Å². The number of benzene rings is 1. The molecule has 0 bridgehead atoms. The van der Waals surface area contributed by atoms with Gasteiger partial charge in [-0.05, 0) is 36.6 Å². The van der Waals surface area contributed by atoms with Gasteiger partial charge in [0.15, 0.2) is 0 Å². The highest BCUT2D eigenvalue weighted by Gasteiger charge is 2.25. The van der Waals surface area contributed by atoms with E-state index in [1.165, 1.54) is 22.5 Å². The van der Waals surface area contributed by atoms with Crippen LogP contribution >= 0.6 is 22.9 Å². The van der Waals surface area contributed by atoms with Crippen molar-refractivity contribution in [1.82, 2.24) is 10.6 Å². The summed E-state index contributed by atoms with van der Waals surface area (Å²) < 4.78 is 0.746. The van der Waals surface area contributed by atoms with Gasteiger partial charge in [0.2, 0.25) is 5.91 Å². The lowest BCUT2D eigenvalue weighted by molar-refractivity contribution is -0.123. The number of carbonyl (C=O) groups is 1. The van der Waals surface area contributed by atoms with Gasteiger partial charge in [-0.2, -0.15) is 0 Å². The summed E-state index contributed by atoms with van der Waals surface area (Å²) in [7, 11) is 0. The molecule has 5 heteroatoms. The zero-order valence-corrected chi connectivity index (χ0v) is 13.3. The predicted octanol–water partition coefficient (Wildman–Crippen LogP) is 3.29. The molecule has 2 atom stereocenters. The summed E-state index contributed by atoms with van der Waals surface area (Å²) in [6.07, 6.45) is 0.736. The van der Waals surface area contributed by atoms with Gasteiger partial charge in [0.1, 0.15) is 0 Å². The monoisotopic (exact) mass is 320 g/mol. The van der Waals surface area contributed by atoms with Crippen molar-refractivity contribution in [3.8, 4) is 0 Å². The van der Waals surface area contributed by atoms with Gasteiger partial charge in [-0.1, -0.05) is 35.9 Å². The van der Waals surface area contributed by atoms with Crippen LogP contribution in [-0.4, -0.2) is 11.9 Å². The summed E-state index contributed by atoms with van der Waals surface area (Å²) in [5.74, 6) is 0.0431. The maximum atomic E-state index is 12.4. The van der Waals surface area contributed by atoms with E-state index in [0.717, 1.165) is 22.2 Å². The van der Waals surface area contributed by atoms with E-state index in [1.807, 2.05) is 31.2 Å². The quantitative estimate of drug-likeness (QED) is 0.911. The molecule has 1 unspecified atom stereocenters. The number of fused-ring (bicyclic) bond motifs is 1. The Balaban J connectivity index is 1.64. The summed E-state index contributed by atoms with van der Waals surface area (Å²) in [4.78, 5) is 13.5. The van der Waals surface area contributed by atoms with E-state index in [-0.39, 0.29) is 18.0 Å². The summed E-state index contributed by atoms with van der Waals surface area (Å²) >= 11 is 7.44. The molecule has 110 valence electrons. The highest BCUT2D eigenvalue weighted by Crippen LogP contribution is 2.27. The average Bonchev–Trinajstić information content (AvgIpc) is 2.93. The van der Waals surface area contributed by atoms with Crippen molar-refractivity contribution in [3.63, 3.8) is 0 Å². The number of amides is 1.